The van der Waals surface area contributed by atoms with Gasteiger partial charge < -0.3 is 9.47 Å². The number of nitrogens with zero attached hydrogens (tertiary/aromatic N) is 1. The van der Waals surface area contributed by atoms with E-state index in [2.05, 4.69) is 11.5 Å². The van der Waals surface area contributed by atoms with E-state index in [1.807, 2.05) is 30.6 Å². The lowest BCUT2D eigenvalue weighted by Gasteiger charge is -2.04. The maximum absolute atomic E-state index is 5.52. The van der Waals surface area contributed by atoms with Crippen molar-refractivity contribution in [2.75, 3.05) is 26.4 Å². The van der Waals surface area contributed by atoms with Crippen molar-refractivity contribution in [3.63, 3.8) is 0 Å². The first-order valence-corrected chi connectivity index (χ1v) is 7.03. The molecule has 0 aromatic carbocycles. The molecule has 0 atom stereocenters. The van der Waals surface area contributed by atoms with E-state index in [1.165, 1.54) is 25.7 Å². The summed E-state index contributed by atoms with van der Waals surface area (Å²) >= 11 is 0. The monoisotopic (exact) mass is 252 g/mol. The number of rotatable bonds is 11. The number of unbranched alkanes of at least 4 members (excludes halogenated alkanes) is 3. The highest BCUT2D eigenvalue weighted by molar-refractivity contribution is 4.83. The minimum Gasteiger partial charge on any atom is -0.379 e. The number of ether oxygens (including phenoxy) is 2. The first-order chi connectivity index (χ1) is 8.93. The summed E-state index contributed by atoms with van der Waals surface area (Å²) < 4.78 is 13.1. The standard InChI is InChI=1S/C15H26NO2/c1-2-3-4-8-12-17-14-15-18-13-11-16-9-6-5-7-10-16/h5-7,9-10H,2-4,8,11-15H2,1H3/q+1. The Morgan fingerprint density at radius 2 is 1.50 bits per heavy atom. The van der Waals surface area contributed by atoms with E-state index < -0.39 is 0 Å². The molecule has 1 aromatic rings. The summed E-state index contributed by atoms with van der Waals surface area (Å²) in [5, 5.41) is 0. The summed E-state index contributed by atoms with van der Waals surface area (Å²) in [5.74, 6) is 0. The fraction of sp³-hybridized carbons (Fsp3) is 0.667. The molecule has 3 heteroatoms. The van der Waals surface area contributed by atoms with Crippen molar-refractivity contribution in [1.82, 2.24) is 0 Å². The molecule has 0 amide bonds. The van der Waals surface area contributed by atoms with Crippen LogP contribution in [0.15, 0.2) is 30.6 Å². The Morgan fingerprint density at radius 1 is 0.778 bits per heavy atom. The molecule has 0 radical (unpaired) electrons. The van der Waals surface area contributed by atoms with E-state index in [1.54, 1.807) is 0 Å². The molecule has 0 spiro atoms. The molecule has 0 saturated carbocycles. The van der Waals surface area contributed by atoms with Crippen LogP contribution in [0.25, 0.3) is 0 Å². The predicted molar refractivity (Wildman–Crippen MR) is 72.4 cm³/mol. The maximum atomic E-state index is 5.52. The Morgan fingerprint density at radius 3 is 2.22 bits per heavy atom. The van der Waals surface area contributed by atoms with Crippen molar-refractivity contribution < 1.29 is 14.0 Å². The van der Waals surface area contributed by atoms with Crippen LogP contribution in [0.1, 0.15) is 32.6 Å². The Balaban J connectivity index is 1.82. The summed E-state index contributed by atoms with van der Waals surface area (Å²) in [4.78, 5) is 0. The van der Waals surface area contributed by atoms with Gasteiger partial charge in [-0.05, 0) is 6.42 Å². The molecule has 0 fully saturated rings. The van der Waals surface area contributed by atoms with Gasteiger partial charge in [-0.2, -0.15) is 0 Å². The zero-order valence-corrected chi connectivity index (χ0v) is 11.5. The number of aromatic nitrogens is 1. The van der Waals surface area contributed by atoms with Crippen LogP contribution < -0.4 is 4.57 Å². The third-order valence-corrected chi connectivity index (χ3v) is 2.79. The predicted octanol–water partition coefficient (Wildman–Crippen LogP) is 2.59. The molecule has 0 saturated heterocycles. The van der Waals surface area contributed by atoms with E-state index in [9.17, 15) is 0 Å². The lowest BCUT2D eigenvalue weighted by atomic mass is 10.2. The molecule has 0 bridgehead atoms. The third kappa shape index (κ3) is 8.20. The van der Waals surface area contributed by atoms with E-state index in [-0.39, 0.29) is 0 Å². The topological polar surface area (TPSA) is 22.3 Å². The second kappa shape index (κ2) is 11.2. The van der Waals surface area contributed by atoms with Crippen LogP contribution in [0.2, 0.25) is 0 Å². The second-order valence-corrected chi connectivity index (χ2v) is 4.40. The average molecular weight is 252 g/mol. The molecular formula is C15H26NO2+. The second-order valence-electron chi connectivity index (χ2n) is 4.40. The Labute approximate surface area is 111 Å². The molecule has 0 unspecified atom stereocenters. The molecule has 1 aromatic heterocycles. The van der Waals surface area contributed by atoms with Gasteiger partial charge in [0.05, 0.1) is 13.2 Å². The van der Waals surface area contributed by atoms with Crippen LogP contribution in [0.3, 0.4) is 0 Å². The van der Waals surface area contributed by atoms with Gasteiger partial charge in [-0.3, -0.25) is 0 Å². The first kappa shape index (κ1) is 15.1. The van der Waals surface area contributed by atoms with Crippen LogP contribution in [0, 0.1) is 0 Å². The molecule has 0 aliphatic rings. The van der Waals surface area contributed by atoms with Gasteiger partial charge in [0.25, 0.3) is 0 Å². The van der Waals surface area contributed by atoms with Gasteiger partial charge >= 0.3 is 0 Å². The van der Waals surface area contributed by atoms with E-state index in [4.69, 9.17) is 9.47 Å². The zero-order chi connectivity index (χ0) is 12.9. The van der Waals surface area contributed by atoms with Crippen molar-refractivity contribution in [2.24, 2.45) is 0 Å². The summed E-state index contributed by atoms with van der Waals surface area (Å²) in [6.45, 7) is 6.15. The highest BCUT2D eigenvalue weighted by Gasteiger charge is 1.97. The number of hydrogen-bond donors (Lipinski definition) is 0. The zero-order valence-electron chi connectivity index (χ0n) is 11.5. The molecule has 3 nitrogen and oxygen atoms in total. The highest BCUT2D eigenvalue weighted by Crippen LogP contribution is 1.98. The van der Waals surface area contributed by atoms with Gasteiger partial charge in [-0.25, -0.2) is 4.57 Å². The van der Waals surface area contributed by atoms with E-state index >= 15 is 0 Å². The minimum atomic E-state index is 0.696. The van der Waals surface area contributed by atoms with Gasteiger partial charge in [0.15, 0.2) is 18.9 Å². The summed E-state index contributed by atoms with van der Waals surface area (Å²) in [6, 6.07) is 6.07. The summed E-state index contributed by atoms with van der Waals surface area (Å²) in [6.07, 6.45) is 9.14. The average Bonchev–Trinajstić information content (AvgIpc) is 2.42. The van der Waals surface area contributed by atoms with Crippen molar-refractivity contribution in [3.05, 3.63) is 30.6 Å². The van der Waals surface area contributed by atoms with Gasteiger partial charge in [-0.15, -0.1) is 0 Å². The molecule has 18 heavy (non-hydrogen) atoms. The molecule has 0 aliphatic heterocycles. The molecule has 0 N–H and O–H groups in total. The molecule has 0 aliphatic carbocycles. The summed E-state index contributed by atoms with van der Waals surface area (Å²) in [7, 11) is 0. The Hall–Kier alpha value is -0.930. The molecule has 1 heterocycles. The van der Waals surface area contributed by atoms with E-state index in [0.717, 1.165) is 19.8 Å². The van der Waals surface area contributed by atoms with Crippen molar-refractivity contribution in [3.8, 4) is 0 Å². The summed E-state index contributed by atoms with van der Waals surface area (Å²) in [5.41, 5.74) is 0. The first-order valence-electron chi connectivity index (χ1n) is 7.03. The van der Waals surface area contributed by atoms with Crippen LogP contribution in [-0.2, 0) is 16.0 Å². The minimum absolute atomic E-state index is 0.696. The van der Waals surface area contributed by atoms with Crippen molar-refractivity contribution >= 4 is 0 Å². The van der Waals surface area contributed by atoms with Gasteiger partial charge in [-0.1, -0.05) is 32.3 Å². The molecular weight excluding hydrogens is 226 g/mol. The molecule has 102 valence electrons. The number of pyridine rings is 1. The number of hydrogen-bond acceptors (Lipinski definition) is 2. The van der Waals surface area contributed by atoms with Gasteiger partial charge in [0.2, 0.25) is 0 Å². The molecule has 1 rings (SSSR count). The van der Waals surface area contributed by atoms with Crippen molar-refractivity contribution in [2.45, 2.75) is 39.2 Å². The fourth-order valence-electron chi connectivity index (χ4n) is 1.71. The largest absolute Gasteiger partial charge is 0.379 e. The van der Waals surface area contributed by atoms with Crippen LogP contribution in [-0.4, -0.2) is 26.4 Å². The van der Waals surface area contributed by atoms with Crippen molar-refractivity contribution in [1.29, 1.82) is 0 Å². The van der Waals surface area contributed by atoms with Gasteiger partial charge in [0.1, 0.15) is 6.61 Å². The third-order valence-electron chi connectivity index (χ3n) is 2.79. The normalized spacial score (nSPS) is 10.7. The fourth-order valence-corrected chi connectivity index (χ4v) is 1.71. The lowest BCUT2D eigenvalue weighted by molar-refractivity contribution is -0.698. The maximum Gasteiger partial charge on any atom is 0.171 e. The SMILES string of the molecule is CCCCCCOCCOCC[n+]1ccccc1. The van der Waals surface area contributed by atoms with Crippen LogP contribution in [0.4, 0.5) is 0 Å². The quantitative estimate of drug-likeness (QED) is 0.446. The highest BCUT2D eigenvalue weighted by atomic mass is 16.5. The lowest BCUT2D eigenvalue weighted by Crippen LogP contribution is -2.34. The Kier molecular flexibility index (Phi) is 9.39. The Bertz CT molecular complexity index is 277. The van der Waals surface area contributed by atoms with Gasteiger partial charge in [0, 0.05) is 18.7 Å². The smallest absolute Gasteiger partial charge is 0.171 e. The van der Waals surface area contributed by atoms with E-state index in [0.29, 0.717) is 13.2 Å². The van der Waals surface area contributed by atoms with Crippen LogP contribution in [0.5, 0.6) is 0 Å². The van der Waals surface area contributed by atoms with Crippen LogP contribution >= 0.6 is 0 Å².